The molecule has 4 heterocycles. The fraction of sp³-hybridized carbons (Fsp3) is 0.263. The van der Waals surface area contributed by atoms with Gasteiger partial charge in [-0.1, -0.05) is 6.07 Å². The lowest BCUT2D eigenvalue weighted by molar-refractivity contribution is 0.0392. The lowest BCUT2D eigenvalue weighted by atomic mass is 9.89. The molecule has 0 spiro atoms. The molecule has 0 saturated carbocycles. The molecule has 1 N–H and O–H groups in total. The van der Waals surface area contributed by atoms with Crippen molar-refractivity contribution in [3.63, 3.8) is 0 Å². The van der Waals surface area contributed by atoms with Gasteiger partial charge in [0.25, 0.3) is 0 Å². The van der Waals surface area contributed by atoms with Crippen molar-refractivity contribution in [2.75, 3.05) is 20.1 Å². The molecule has 2 aromatic carbocycles. The van der Waals surface area contributed by atoms with Crippen molar-refractivity contribution in [3.8, 4) is 23.0 Å². The molecule has 6 rings (SSSR count). The van der Waals surface area contributed by atoms with Gasteiger partial charge in [-0.15, -0.1) is 0 Å². The van der Waals surface area contributed by atoms with Gasteiger partial charge in [0.05, 0.1) is 5.56 Å². The van der Waals surface area contributed by atoms with Crippen LogP contribution in [-0.2, 0) is 6.42 Å². The number of hydrogen-bond acceptors (Lipinski definition) is 6. The number of fused-ring (bicyclic) bond motifs is 7. The minimum Gasteiger partial charge on any atom is -0.454 e. The maximum atomic E-state index is 11.0. The summed E-state index contributed by atoms with van der Waals surface area (Å²) in [6.45, 7) is 1.18. The highest BCUT2D eigenvalue weighted by Crippen LogP contribution is 2.49. The van der Waals surface area contributed by atoms with Crippen LogP contribution in [0.25, 0.3) is 11.8 Å². The molecule has 0 bridgehead atoms. The van der Waals surface area contributed by atoms with Crippen LogP contribution in [0.4, 0.5) is 0 Å². The van der Waals surface area contributed by atoms with E-state index in [9.17, 15) is 5.11 Å². The van der Waals surface area contributed by atoms with Crippen LogP contribution in [0.1, 0.15) is 28.5 Å². The van der Waals surface area contributed by atoms with Crippen LogP contribution in [0.15, 0.2) is 24.3 Å². The van der Waals surface area contributed by atoms with Gasteiger partial charge in [-0.05, 0) is 41.8 Å². The van der Waals surface area contributed by atoms with Crippen molar-refractivity contribution in [2.24, 2.45) is 0 Å². The van der Waals surface area contributed by atoms with Crippen LogP contribution in [0.2, 0.25) is 0 Å². The molecule has 0 amide bonds. The summed E-state index contributed by atoms with van der Waals surface area (Å²) >= 11 is 0. The van der Waals surface area contributed by atoms with Gasteiger partial charge >= 0.3 is 0 Å². The third kappa shape index (κ3) is 1.72. The van der Waals surface area contributed by atoms with E-state index in [-0.39, 0.29) is 13.6 Å². The standard InChI is InChI=1S/C19H15NO5/c21-19-17-11(1-2-14-18(17)25-9-22-14)5-13-12-7-16-15(23-8-24-16)6-10(12)3-4-20(13)19/h1-2,5-7,19,21H,3-4,8-9H2/t19-/m1/s1. The van der Waals surface area contributed by atoms with Gasteiger partial charge in [-0.2, -0.15) is 0 Å². The molecule has 1 atom stereocenters. The lowest BCUT2D eigenvalue weighted by Crippen LogP contribution is -2.35. The first kappa shape index (κ1) is 13.4. The third-order valence-corrected chi connectivity index (χ3v) is 5.26. The summed E-state index contributed by atoms with van der Waals surface area (Å²) in [6.07, 6.45) is 2.18. The fourth-order valence-corrected chi connectivity index (χ4v) is 4.06. The molecule has 4 aliphatic rings. The average Bonchev–Trinajstić information content (AvgIpc) is 3.28. The molecule has 0 aliphatic carbocycles. The highest BCUT2D eigenvalue weighted by atomic mass is 16.7. The second-order valence-electron chi connectivity index (χ2n) is 6.51. The van der Waals surface area contributed by atoms with E-state index in [1.54, 1.807) is 0 Å². The van der Waals surface area contributed by atoms with E-state index in [0.29, 0.717) is 11.5 Å². The number of aliphatic hydroxyl groups excluding tert-OH is 1. The molecule has 25 heavy (non-hydrogen) atoms. The van der Waals surface area contributed by atoms with Crippen LogP contribution in [0.3, 0.4) is 0 Å². The molecule has 0 saturated heterocycles. The molecule has 0 radical (unpaired) electrons. The molecular formula is C19H15NO5. The molecule has 0 fully saturated rings. The zero-order valence-electron chi connectivity index (χ0n) is 13.3. The molecule has 126 valence electrons. The number of nitrogens with zero attached hydrogens (tertiary/aromatic N) is 1. The molecule has 4 aliphatic heterocycles. The molecule has 6 nitrogen and oxygen atoms in total. The number of benzene rings is 2. The van der Waals surface area contributed by atoms with Crippen molar-refractivity contribution in [1.29, 1.82) is 0 Å². The first-order chi connectivity index (χ1) is 12.3. The maximum Gasteiger partial charge on any atom is 0.231 e. The molecular weight excluding hydrogens is 322 g/mol. The molecule has 0 unspecified atom stereocenters. The van der Waals surface area contributed by atoms with Crippen molar-refractivity contribution in [2.45, 2.75) is 12.6 Å². The number of aliphatic hydroxyl groups is 1. The first-order valence-corrected chi connectivity index (χ1v) is 8.31. The Hall–Kier alpha value is -2.86. The van der Waals surface area contributed by atoms with Gasteiger partial charge in [0.1, 0.15) is 0 Å². The second-order valence-corrected chi connectivity index (χ2v) is 6.51. The predicted molar refractivity (Wildman–Crippen MR) is 88.4 cm³/mol. The predicted octanol–water partition coefficient (Wildman–Crippen LogP) is 2.50. The highest BCUT2D eigenvalue weighted by molar-refractivity contribution is 5.87. The Labute approximate surface area is 143 Å². The average molecular weight is 337 g/mol. The lowest BCUT2D eigenvalue weighted by Gasteiger charge is -2.40. The van der Waals surface area contributed by atoms with E-state index in [2.05, 4.69) is 12.1 Å². The van der Waals surface area contributed by atoms with Crippen molar-refractivity contribution in [1.82, 2.24) is 4.90 Å². The quantitative estimate of drug-likeness (QED) is 0.797. The van der Waals surface area contributed by atoms with E-state index >= 15 is 0 Å². The van der Waals surface area contributed by atoms with Crippen molar-refractivity contribution < 1.29 is 24.1 Å². The Morgan fingerprint density at radius 3 is 2.68 bits per heavy atom. The fourth-order valence-electron chi connectivity index (χ4n) is 4.06. The topological polar surface area (TPSA) is 60.4 Å². The smallest absolute Gasteiger partial charge is 0.231 e. The van der Waals surface area contributed by atoms with E-state index < -0.39 is 6.23 Å². The Bertz CT molecular complexity index is 951. The normalized spacial score (nSPS) is 21.4. The monoisotopic (exact) mass is 337 g/mol. The van der Waals surface area contributed by atoms with Crippen LogP contribution in [-0.4, -0.2) is 30.1 Å². The van der Waals surface area contributed by atoms with Crippen molar-refractivity contribution >= 4 is 11.8 Å². The SMILES string of the molecule is O[C@@H]1c2c(ccc3c2OCO3)C=C2c3cc4c(cc3CCN21)OCO4. The minimum atomic E-state index is -0.759. The summed E-state index contributed by atoms with van der Waals surface area (Å²) in [6, 6.07) is 7.93. The Morgan fingerprint density at radius 1 is 0.960 bits per heavy atom. The van der Waals surface area contributed by atoms with E-state index in [1.165, 1.54) is 5.56 Å². The zero-order chi connectivity index (χ0) is 16.5. The second kappa shape index (κ2) is 4.61. The summed E-state index contributed by atoms with van der Waals surface area (Å²) < 4.78 is 22.1. The van der Waals surface area contributed by atoms with Gasteiger partial charge in [-0.25, -0.2) is 0 Å². The van der Waals surface area contributed by atoms with Gasteiger partial charge in [0.15, 0.2) is 29.2 Å². The van der Waals surface area contributed by atoms with Crippen LogP contribution in [0.5, 0.6) is 23.0 Å². The first-order valence-electron chi connectivity index (χ1n) is 8.31. The minimum absolute atomic E-state index is 0.196. The Kier molecular flexibility index (Phi) is 2.48. The van der Waals surface area contributed by atoms with E-state index in [1.807, 2.05) is 23.1 Å². The van der Waals surface area contributed by atoms with E-state index in [4.69, 9.17) is 18.9 Å². The number of ether oxygens (including phenoxy) is 4. The molecule has 0 aromatic heterocycles. The third-order valence-electron chi connectivity index (χ3n) is 5.26. The summed E-state index contributed by atoms with van der Waals surface area (Å²) in [5, 5.41) is 11.0. The summed E-state index contributed by atoms with van der Waals surface area (Å²) in [5.74, 6) is 2.90. The van der Waals surface area contributed by atoms with Gasteiger partial charge < -0.3 is 29.0 Å². The van der Waals surface area contributed by atoms with Gasteiger partial charge in [0, 0.05) is 17.8 Å². The van der Waals surface area contributed by atoms with Crippen LogP contribution >= 0.6 is 0 Å². The van der Waals surface area contributed by atoms with E-state index in [0.717, 1.165) is 46.9 Å². The molecule has 6 heteroatoms. The zero-order valence-corrected chi connectivity index (χ0v) is 13.3. The largest absolute Gasteiger partial charge is 0.454 e. The summed E-state index contributed by atoms with van der Waals surface area (Å²) in [4.78, 5) is 2.01. The summed E-state index contributed by atoms with van der Waals surface area (Å²) in [7, 11) is 0. The van der Waals surface area contributed by atoms with Crippen LogP contribution < -0.4 is 18.9 Å². The van der Waals surface area contributed by atoms with Crippen molar-refractivity contribution in [3.05, 3.63) is 46.5 Å². The number of hydrogen-bond donors (Lipinski definition) is 1. The van der Waals surface area contributed by atoms with Gasteiger partial charge in [0.2, 0.25) is 13.6 Å². The number of rotatable bonds is 0. The summed E-state index contributed by atoms with van der Waals surface area (Å²) in [5.41, 5.74) is 5.02. The Morgan fingerprint density at radius 2 is 1.76 bits per heavy atom. The molecule has 2 aromatic rings. The van der Waals surface area contributed by atoms with Crippen LogP contribution in [0, 0.1) is 0 Å². The Balaban J connectivity index is 1.56. The highest BCUT2D eigenvalue weighted by Gasteiger charge is 2.36. The maximum absolute atomic E-state index is 11.0. The van der Waals surface area contributed by atoms with Gasteiger partial charge in [-0.3, -0.25) is 0 Å².